The fourth-order valence-electron chi connectivity index (χ4n) is 1.66. The van der Waals surface area contributed by atoms with Gasteiger partial charge in [0.2, 0.25) is 0 Å². The molecule has 0 aliphatic heterocycles. The van der Waals surface area contributed by atoms with Crippen LogP contribution in [0.1, 0.15) is 21.5 Å². The van der Waals surface area contributed by atoms with Gasteiger partial charge in [-0.15, -0.1) is 0 Å². The Morgan fingerprint density at radius 3 is 2.26 bits per heavy atom. The number of methoxy groups -OCH3 is 1. The van der Waals surface area contributed by atoms with Gasteiger partial charge in [0.05, 0.1) is 12.7 Å². The van der Waals surface area contributed by atoms with Gasteiger partial charge in [-0.3, -0.25) is 4.79 Å². The Hall–Kier alpha value is -2.42. The smallest absolute Gasteiger partial charge is 0.153 e. The zero-order chi connectivity index (χ0) is 13.7. The van der Waals surface area contributed by atoms with Crippen molar-refractivity contribution in [2.24, 2.45) is 0 Å². The van der Waals surface area contributed by atoms with Crippen LogP contribution >= 0.6 is 0 Å². The van der Waals surface area contributed by atoms with Crippen LogP contribution in [0.4, 0.5) is 4.39 Å². The summed E-state index contributed by atoms with van der Waals surface area (Å²) in [6.07, 6.45) is 4.23. The number of aldehydes is 1. The first-order valence-corrected chi connectivity index (χ1v) is 5.80. The van der Waals surface area contributed by atoms with E-state index in [0.29, 0.717) is 6.29 Å². The maximum absolute atomic E-state index is 13.1. The molecule has 2 nitrogen and oxygen atoms in total. The van der Waals surface area contributed by atoms with Gasteiger partial charge in [0.1, 0.15) is 11.6 Å². The molecule has 96 valence electrons. The summed E-state index contributed by atoms with van der Waals surface area (Å²) in [5.74, 6) is 0.291. The van der Waals surface area contributed by atoms with Gasteiger partial charge in [-0.25, -0.2) is 4.39 Å². The van der Waals surface area contributed by atoms with Crippen LogP contribution < -0.4 is 4.74 Å². The van der Waals surface area contributed by atoms with E-state index in [4.69, 9.17) is 4.74 Å². The molecule has 0 atom stereocenters. The highest BCUT2D eigenvalue weighted by Gasteiger charge is 2.00. The van der Waals surface area contributed by atoms with Gasteiger partial charge in [-0.05, 0) is 35.4 Å². The minimum atomic E-state index is -0.503. The van der Waals surface area contributed by atoms with E-state index in [2.05, 4.69) is 0 Å². The summed E-state index contributed by atoms with van der Waals surface area (Å²) in [7, 11) is 1.62. The van der Waals surface area contributed by atoms with Crippen LogP contribution in [0.25, 0.3) is 12.2 Å². The van der Waals surface area contributed by atoms with E-state index < -0.39 is 5.82 Å². The van der Waals surface area contributed by atoms with Gasteiger partial charge in [-0.2, -0.15) is 0 Å². The highest BCUT2D eigenvalue weighted by atomic mass is 19.1. The van der Waals surface area contributed by atoms with Gasteiger partial charge in [0, 0.05) is 0 Å². The summed E-state index contributed by atoms with van der Waals surface area (Å²) < 4.78 is 18.2. The highest BCUT2D eigenvalue weighted by molar-refractivity contribution is 5.78. The first-order valence-electron chi connectivity index (χ1n) is 5.80. The van der Waals surface area contributed by atoms with Gasteiger partial charge in [0.15, 0.2) is 6.29 Å². The number of ether oxygens (including phenoxy) is 1. The Labute approximate surface area is 111 Å². The van der Waals surface area contributed by atoms with Crippen LogP contribution in [0.2, 0.25) is 0 Å². The molecular formula is C16H13FO2. The fraction of sp³-hybridized carbons (Fsp3) is 0.0625. The van der Waals surface area contributed by atoms with Crippen LogP contribution in [0, 0.1) is 5.82 Å². The third kappa shape index (κ3) is 3.28. The van der Waals surface area contributed by atoms with Gasteiger partial charge >= 0.3 is 0 Å². The van der Waals surface area contributed by atoms with E-state index in [9.17, 15) is 9.18 Å². The van der Waals surface area contributed by atoms with E-state index in [1.54, 1.807) is 13.2 Å². The summed E-state index contributed by atoms with van der Waals surface area (Å²) in [4.78, 5) is 10.6. The molecule has 0 unspecified atom stereocenters. The summed E-state index contributed by atoms with van der Waals surface area (Å²) in [6.45, 7) is 0. The third-order valence-electron chi connectivity index (χ3n) is 2.73. The van der Waals surface area contributed by atoms with Crippen LogP contribution in [0.5, 0.6) is 5.75 Å². The van der Waals surface area contributed by atoms with Crippen molar-refractivity contribution < 1.29 is 13.9 Å². The first kappa shape index (κ1) is 13.0. The quantitative estimate of drug-likeness (QED) is 0.614. The van der Waals surface area contributed by atoms with Crippen LogP contribution in [-0.4, -0.2) is 13.4 Å². The van der Waals surface area contributed by atoms with E-state index in [1.807, 2.05) is 36.4 Å². The highest BCUT2D eigenvalue weighted by Crippen LogP contribution is 2.15. The summed E-state index contributed by atoms with van der Waals surface area (Å²) in [5, 5.41) is 0. The molecule has 0 aromatic heterocycles. The Bertz CT molecular complexity index is 601. The SMILES string of the molecule is COc1ccc(C=Cc2ccc(F)c(C=O)c2)cc1. The predicted molar refractivity (Wildman–Crippen MR) is 73.7 cm³/mol. The lowest BCUT2D eigenvalue weighted by atomic mass is 10.1. The maximum Gasteiger partial charge on any atom is 0.153 e. The van der Waals surface area contributed by atoms with Gasteiger partial charge in [-0.1, -0.05) is 30.4 Å². The van der Waals surface area contributed by atoms with Crippen molar-refractivity contribution in [3.63, 3.8) is 0 Å². The lowest BCUT2D eigenvalue weighted by Crippen LogP contribution is -1.87. The van der Waals surface area contributed by atoms with Crippen LogP contribution in [0.15, 0.2) is 42.5 Å². The number of carbonyl (C=O) groups excluding carboxylic acids is 1. The molecule has 0 bridgehead atoms. The zero-order valence-corrected chi connectivity index (χ0v) is 10.5. The Morgan fingerprint density at radius 1 is 1.00 bits per heavy atom. The second-order valence-electron chi connectivity index (χ2n) is 4.01. The molecule has 3 heteroatoms. The Morgan fingerprint density at radius 2 is 1.63 bits per heavy atom. The van der Waals surface area contributed by atoms with Crippen LogP contribution in [-0.2, 0) is 0 Å². The van der Waals surface area contributed by atoms with Gasteiger partial charge in [0.25, 0.3) is 0 Å². The largest absolute Gasteiger partial charge is 0.497 e. The van der Waals surface area contributed by atoms with Crippen molar-refractivity contribution in [3.05, 3.63) is 65.0 Å². The fourth-order valence-corrected chi connectivity index (χ4v) is 1.66. The second-order valence-corrected chi connectivity index (χ2v) is 4.01. The van der Waals surface area contributed by atoms with E-state index >= 15 is 0 Å². The van der Waals surface area contributed by atoms with Crippen LogP contribution in [0.3, 0.4) is 0 Å². The summed E-state index contributed by atoms with van der Waals surface area (Å²) in [5.41, 5.74) is 1.84. The average molecular weight is 256 g/mol. The zero-order valence-electron chi connectivity index (χ0n) is 10.5. The standard InChI is InChI=1S/C16H13FO2/c1-19-15-7-4-12(5-8-15)2-3-13-6-9-16(17)14(10-13)11-18/h2-11H,1H3. The number of carbonyl (C=O) groups is 1. The molecule has 0 aliphatic carbocycles. The van der Waals surface area contributed by atoms with Crippen molar-refractivity contribution in [1.29, 1.82) is 0 Å². The molecular weight excluding hydrogens is 243 g/mol. The topological polar surface area (TPSA) is 26.3 Å². The second kappa shape index (κ2) is 5.96. The minimum Gasteiger partial charge on any atom is -0.497 e. The minimum absolute atomic E-state index is 0.0666. The molecule has 2 aromatic rings. The number of hydrogen-bond acceptors (Lipinski definition) is 2. The molecule has 2 rings (SSSR count). The molecule has 0 fully saturated rings. The van der Waals surface area contributed by atoms with Crippen molar-refractivity contribution in [2.45, 2.75) is 0 Å². The molecule has 0 aliphatic rings. The summed E-state index contributed by atoms with van der Waals surface area (Å²) >= 11 is 0. The van der Waals surface area contributed by atoms with E-state index in [0.717, 1.165) is 16.9 Å². The third-order valence-corrected chi connectivity index (χ3v) is 2.73. The Balaban J connectivity index is 2.19. The molecule has 0 amide bonds. The number of hydrogen-bond donors (Lipinski definition) is 0. The molecule has 0 radical (unpaired) electrons. The lowest BCUT2D eigenvalue weighted by molar-refractivity contribution is 0.112. The normalized spacial score (nSPS) is 10.6. The molecule has 19 heavy (non-hydrogen) atoms. The molecule has 0 heterocycles. The van der Waals surface area contributed by atoms with Gasteiger partial charge < -0.3 is 4.74 Å². The number of rotatable bonds is 4. The monoisotopic (exact) mass is 256 g/mol. The first-order chi connectivity index (χ1) is 9.22. The molecule has 0 saturated heterocycles. The van der Waals surface area contributed by atoms with Crippen molar-refractivity contribution >= 4 is 18.4 Å². The molecule has 2 aromatic carbocycles. The maximum atomic E-state index is 13.1. The predicted octanol–water partition coefficient (Wildman–Crippen LogP) is 3.82. The Kier molecular flexibility index (Phi) is 4.08. The lowest BCUT2D eigenvalue weighted by Gasteiger charge is -2.00. The van der Waals surface area contributed by atoms with E-state index in [-0.39, 0.29) is 5.56 Å². The van der Waals surface area contributed by atoms with Crippen molar-refractivity contribution in [3.8, 4) is 5.75 Å². The average Bonchev–Trinajstić information content (AvgIpc) is 2.47. The van der Waals surface area contributed by atoms with Crippen molar-refractivity contribution in [1.82, 2.24) is 0 Å². The molecule has 0 saturated carbocycles. The van der Waals surface area contributed by atoms with Crippen molar-refractivity contribution in [2.75, 3.05) is 7.11 Å². The van der Waals surface area contributed by atoms with E-state index in [1.165, 1.54) is 12.1 Å². The summed E-state index contributed by atoms with van der Waals surface area (Å²) in [6, 6.07) is 12.0. The number of halogens is 1. The number of benzene rings is 2. The molecule has 0 N–H and O–H groups in total. The molecule has 0 spiro atoms.